The van der Waals surface area contributed by atoms with Crippen LogP contribution in [0.5, 0.6) is 0 Å². The zero-order chi connectivity index (χ0) is 87.6. The van der Waals surface area contributed by atoms with Gasteiger partial charge in [0.15, 0.2) is 92.8 Å². The molecule has 12 heterocycles. The molecule has 0 saturated carbocycles. The Morgan fingerprint density at radius 1 is 0.339 bits per heavy atom. The van der Waals surface area contributed by atoms with Crippen LogP contribution in [0.4, 0.5) is 23.3 Å². The summed E-state index contributed by atoms with van der Waals surface area (Å²) in [6.45, 7) is 27.4. The van der Waals surface area contributed by atoms with Crippen molar-refractivity contribution in [3.8, 4) is 0 Å². The number of hydrogen-bond donors (Lipinski definition) is 13. The minimum atomic E-state index is -1.27. The molecule has 16 atom stereocenters. The topological polar surface area (TPSA) is 493 Å². The van der Waals surface area contributed by atoms with E-state index in [4.69, 9.17) is 48.4 Å². The molecule has 0 bridgehead atoms. The van der Waals surface area contributed by atoms with Crippen molar-refractivity contribution in [3.63, 3.8) is 0 Å². The summed E-state index contributed by atoms with van der Waals surface area (Å²) in [7, 11) is 0. The van der Waals surface area contributed by atoms with Gasteiger partial charge < -0.3 is 110 Å². The monoisotopic (exact) mass is 1770 g/mol. The van der Waals surface area contributed by atoms with Crippen LogP contribution in [0.2, 0.25) is 0 Å². The Morgan fingerprint density at radius 2 is 0.595 bits per heavy atom. The van der Waals surface area contributed by atoms with Gasteiger partial charge >= 0.3 is 0 Å². The Bertz CT molecular complexity index is 4640. The number of rotatable bonds is 45. The lowest BCUT2D eigenvalue weighted by molar-refractivity contribution is -0.0353. The van der Waals surface area contributed by atoms with Gasteiger partial charge in [0.2, 0.25) is 0 Å². The summed E-state index contributed by atoms with van der Waals surface area (Å²) in [6.07, 6.45) is 27.2. The van der Waals surface area contributed by atoms with Gasteiger partial charge in [-0.15, -0.1) is 52.7 Å². The molecule has 0 spiro atoms. The van der Waals surface area contributed by atoms with Crippen LogP contribution < -0.4 is 27.0 Å². The molecule has 12 rings (SSSR count). The normalized spacial score (nSPS) is 24.5. The maximum absolute atomic E-state index is 10.7. The van der Waals surface area contributed by atoms with Gasteiger partial charge in [-0.1, -0.05) is 20.3 Å². The number of nitrogens with one attached hydrogen (secondary N) is 4. The molecule has 0 aromatic carbocycles. The van der Waals surface area contributed by atoms with Crippen molar-refractivity contribution in [3.05, 3.63) is 50.6 Å². The van der Waals surface area contributed by atoms with E-state index in [0.29, 0.717) is 179 Å². The number of hydrogen-bond acceptors (Lipinski definition) is 34. The van der Waals surface area contributed by atoms with Crippen LogP contribution in [0.3, 0.4) is 0 Å². The van der Waals surface area contributed by atoms with E-state index >= 15 is 0 Å². The summed E-state index contributed by atoms with van der Waals surface area (Å²) < 4.78 is 58.1. The first-order valence-corrected chi connectivity index (χ1v) is 54.0. The van der Waals surface area contributed by atoms with E-state index in [1.807, 2.05) is 6.92 Å². The molecule has 4 aliphatic heterocycles. The summed E-state index contributed by atoms with van der Waals surface area (Å²) in [5.74, 6) is 2.55. The number of nitrogens with zero attached hydrogens (tertiary/aromatic N) is 16. The second kappa shape index (κ2) is 47.4. The van der Waals surface area contributed by atoms with Gasteiger partial charge in [-0.05, 0) is 143 Å². The molecule has 4 saturated heterocycles. The molecule has 121 heavy (non-hydrogen) atoms. The van der Waals surface area contributed by atoms with Crippen LogP contribution in [0.1, 0.15) is 103 Å². The van der Waals surface area contributed by atoms with E-state index in [9.17, 15) is 40.9 Å². The number of imidazole rings is 4. The fourth-order valence-corrected chi connectivity index (χ4v) is 17.5. The average Bonchev–Trinajstić information content (AvgIpc) is 1.64. The predicted octanol–water partition coefficient (Wildman–Crippen LogP) is 4.88. The number of fused-ring (bicyclic) bond motifs is 4. The lowest BCUT2D eigenvalue weighted by Crippen LogP contribution is -2.31. The fraction of sp³-hybridized carbons (Fsp3) is 0.696. The number of anilines is 4. The van der Waals surface area contributed by atoms with E-state index < -0.39 is 126 Å². The van der Waals surface area contributed by atoms with Gasteiger partial charge in [-0.2, -0.15) is 0 Å². The van der Waals surface area contributed by atoms with Crippen molar-refractivity contribution < 1.29 is 83.5 Å². The Balaban J connectivity index is 0.000000189. The van der Waals surface area contributed by atoms with Gasteiger partial charge in [-0.3, -0.25) is 18.3 Å². The molecular weight excluding hydrogens is 1640 g/mol. The minimum Gasteiger partial charge on any atom is -0.388 e. The number of aliphatic hydroxyl groups is 8. The highest BCUT2D eigenvalue weighted by molar-refractivity contribution is 7.73. The predicted molar refractivity (Wildman–Crippen MR) is 484 cm³/mol. The molecular formula is C79H135N21O17P4. The highest BCUT2D eigenvalue weighted by Crippen LogP contribution is 2.45. The first-order chi connectivity index (χ1) is 57.8. The fourth-order valence-electron chi connectivity index (χ4n) is 13.7. The number of nitrogens with two attached hydrogens (primary N) is 1. The van der Waals surface area contributed by atoms with Crippen LogP contribution in [0.15, 0.2) is 50.6 Å². The van der Waals surface area contributed by atoms with Gasteiger partial charge in [0.25, 0.3) is 0 Å². The molecule has 0 radical (unpaired) electrons. The lowest BCUT2D eigenvalue weighted by Gasteiger charge is -2.18. The van der Waals surface area contributed by atoms with Gasteiger partial charge in [0.05, 0.1) is 103 Å². The third kappa shape index (κ3) is 28.7. The SMILES string of the molecule is C=P(C)(C)CC[C@H]1OC(n2cnc3c(NCC)ncnc32)[C@H](O)[C@@H]1O.C=P(C)(C)CC[C@H]1OC(n2cnc3c(NCCC)ncnc32)[C@H](O)[C@@H]1O.C=P(C)(C)CC[C@H]1OC(n2cnc3c(NCCCC)ncnc32)[C@H](O)[C@@H]1O.C=P(C)(C)CC[C@H]1OC(n2cnc3c(NCCCOCCOCCOCCOCCOCCCN)ncnc32)[C@H](O)[C@@H]1O. The van der Waals surface area contributed by atoms with E-state index in [2.05, 4.69) is 173 Å². The van der Waals surface area contributed by atoms with E-state index in [0.717, 1.165) is 69.8 Å². The summed E-state index contributed by atoms with van der Waals surface area (Å²) >= 11 is 0. The van der Waals surface area contributed by atoms with Gasteiger partial charge in [-0.25, -0.2) is 59.8 Å². The third-order valence-corrected chi connectivity index (χ3v) is 26.3. The number of ether oxygens (including phenoxy) is 9. The summed E-state index contributed by atoms with van der Waals surface area (Å²) in [6, 6.07) is 0. The lowest BCUT2D eigenvalue weighted by atomic mass is 10.1. The number of unbranched alkanes of at least 4 members (excludes halogenated alkanes) is 1. The van der Waals surface area contributed by atoms with Crippen LogP contribution in [-0.4, -0.2) is 394 Å². The summed E-state index contributed by atoms with van der Waals surface area (Å²) in [5, 5.41) is 96.9. The molecule has 4 aliphatic rings. The quantitative estimate of drug-likeness (QED) is 0.0179. The first-order valence-electron chi connectivity index (χ1n) is 41.8. The Kier molecular flexibility index (Phi) is 38.7. The van der Waals surface area contributed by atoms with E-state index in [-0.39, 0.29) is 0 Å². The second-order valence-electron chi connectivity index (χ2n) is 33.4. The van der Waals surface area contributed by atoms with Crippen LogP contribution >= 0.6 is 27.5 Å². The van der Waals surface area contributed by atoms with Crippen molar-refractivity contribution in [2.24, 2.45) is 5.73 Å². The average molecular weight is 1770 g/mol. The number of aromatic nitrogens is 16. The standard InChI is InChI=1S/C28H51N6O8P.C18H30N5O3P.C17H28N5O3P.C16H26N5O3P/c1-43(2,3)19-6-22-24(35)25(36)28(42-22)34-21-33-23-26(31-20-32-27(23)34)30-8-5-10-38-12-14-40-16-18-41-17-15-39-13-11-37-9-4-7-29;1-5-6-8-19-16-13-17(21-10-20-16)23(11-22-13)18-15(25)14(24)12(26-18)7-9-27(2,3)4;1-5-7-18-15-12-16(20-9-19-15)22(10-21-12)17-14(24)13(23)11(25-17)6-8-26(2,3)4;1-5-17-14-11-15(19-8-18-14)21(9-20-11)16-13(23)12(22)10(24-16)6-7-25(2,3)4/h20-22,24-25,28,35-36H,1,4-19,29H2,2-3H3,(H,30,31,32);10-12,14-15,18,24-25H,2,5-9H2,1,3-4H3,(H,19,20,21);9-11,13-14,17,23-24H,2,5-8H2,1,3-4H3,(H,18,19,20);8-10,12-13,16,22-23H,2,5-7H2,1,3-4H3,(H,17,18,19)/t22-,24-,25-,28?;12-,14-,15-,18?;11-,13-,14-,17?;10-,12-,13-,16?/m1111/s1. The Hall–Kier alpha value is -6.12. The van der Waals surface area contributed by atoms with Crippen LogP contribution in [0, 0.1) is 0 Å². The molecule has 14 N–H and O–H groups in total. The van der Waals surface area contributed by atoms with Crippen molar-refractivity contribution in [2.75, 3.05) is 198 Å². The van der Waals surface area contributed by atoms with Crippen LogP contribution in [0.25, 0.3) is 44.7 Å². The molecule has 678 valence electrons. The van der Waals surface area contributed by atoms with Crippen molar-refractivity contribution in [1.29, 1.82) is 0 Å². The molecule has 42 heteroatoms. The molecule has 8 aromatic heterocycles. The minimum absolute atomic E-state index is 0.423. The molecule has 4 unspecified atom stereocenters. The molecule has 38 nitrogen and oxygen atoms in total. The zero-order valence-corrected chi connectivity index (χ0v) is 75.8. The Labute approximate surface area is 709 Å². The van der Waals surface area contributed by atoms with E-state index in [1.165, 1.54) is 25.3 Å². The smallest absolute Gasteiger partial charge is 0.167 e. The molecule has 4 fully saturated rings. The molecule has 0 amide bonds. The van der Waals surface area contributed by atoms with Crippen molar-refractivity contribution >= 4 is 121 Å². The van der Waals surface area contributed by atoms with E-state index in [1.54, 1.807) is 43.6 Å². The first kappa shape index (κ1) is 98.7. The second-order valence-corrected chi connectivity index (χ2v) is 50.7. The van der Waals surface area contributed by atoms with Crippen molar-refractivity contribution in [1.82, 2.24) is 78.1 Å². The van der Waals surface area contributed by atoms with Crippen LogP contribution in [-0.2, 0) is 42.6 Å². The summed E-state index contributed by atoms with van der Waals surface area (Å²) in [4.78, 5) is 51.9. The zero-order valence-electron chi connectivity index (χ0n) is 72.3. The molecule has 8 aromatic rings. The Morgan fingerprint density at radius 3 is 0.851 bits per heavy atom. The maximum atomic E-state index is 10.7. The third-order valence-electron chi connectivity index (χ3n) is 20.4. The summed E-state index contributed by atoms with van der Waals surface area (Å²) in [5.41, 5.74) is 10.1. The molecule has 0 aliphatic carbocycles. The van der Waals surface area contributed by atoms with Crippen molar-refractivity contribution in [2.45, 2.75) is 177 Å². The highest BCUT2D eigenvalue weighted by Gasteiger charge is 2.48. The highest BCUT2D eigenvalue weighted by atomic mass is 31.2. The maximum Gasteiger partial charge on any atom is 0.167 e. The van der Waals surface area contributed by atoms with Gasteiger partial charge in [0.1, 0.15) is 74.1 Å². The largest absolute Gasteiger partial charge is 0.388 e. The van der Waals surface area contributed by atoms with Gasteiger partial charge in [0, 0.05) is 39.4 Å². The number of aliphatic hydroxyl groups excluding tert-OH is 8.